The summed E-state index contributed by atoms with van der Waals surface area (Å²) in [4.78, 5) is 0. The molecule has 0 aliphatic heterocycles. The maximum Gasteiger partial charge on any atom is 0.119 e. The Balaban J connectivity index is 1.92. The molecule has 0 radical (unpaired) electrons. The first-order valence-corrected chi connectivity index (χ1v) is 6.51. The molecule has 0 bridgehead atoms. The Hall–Kier alpha value is -1.18. The molecule has 1 aromatic carbocycles. The molecule has 2 heteroatoms. The summed E-state index contributed by atoms with van der Waals surface area (Å²) in [5, 5.41) is 3.63. The molecule has 2 rings (SSSR count). The zero-order valence-electron chi connectivity index (χ0n) is 11.3. The monoisotopic (exact) mass is 233 g/mol. The standard InChI is InChI=1S/C15H23NO/c1-10(2)12-8-13(9-12)16-15-6-5-14(17-4)7-11(15)3/h5-7,10,12-13,16H,8-9H2,1-4H3. The number of nitrogens with one attached hydrogen (secondary N) is 1. The van der Waals surface area contributed by atoms with Crippen LogP contribution in [0, 0.1) is 18.8 Å². The van der Waals surface area contributed by atoms with Gasteiger partial charge in [0.15, 0.2) is 0 Å². The van der Waals surface area contributed by atoms with Gasteiger partial charge in [-0.2, -0.15) is 0 Å². The van der Waals surface area contributed by atoms with Gasteiger partial charge in [0, 0.05) is 11.7 Å². The van der Waals surface area contributed by atoms with Crippen LogP contribution in [0.1, 0.15) is 32.3 Å². The number of ether oxygens (including phenoxy) is 1. The second-order valence-electron chi connectivity index (χ2n) is 5.50. The molecule has 0 spiro atoms. The number of benzene rings is 1. The molecule has 2 nitrogen and oxygen atoms in total. The summed E-state index contributed by atoms with van der Waals surface area (Å²) in [5.41, 5.74) is 2.51. The van der Waals surface area contributed by atoms with E-state index in [1.807, 2.05) is 6.07 Å². The first kappa shape index (κ1) is 12.3. The number of hydrogen-bond donors (Lipinski definition) is 1. The molecule has 0 atom stereocenters. The molecule has 0 aromatic heterocycles. The van der Waals surface area contributed by atoms with Crippen LogP contribution in [0.15, 0.2) is 18.2 Å². The van der Waals surface area contributed by atoms with Gasteiger partial charge in [-0.05, 0) is 55.4 Å². The Kier molecular flexibility index (Phi) is 3.60. The lowest BCUT2D eigenvalue weighted by Gasteiger charge is -2.39. The van der Waals surface area contributed by atoms with Crippen molar-refractivity contribution < 1.29 is 4.74 Å². The van der Waals surface area contributed by atoms with Crippen LogP contribution in [0.4, 0.5) is 5.69 Å². The third-order valence-corrected chi connectivity index (χ3v) is 3.91. The maximum absolute atomic E-state index is 5.22. The summed E-state index contributed by atoms with van der Waals surface area (Å²) >= 11 is 0. The minimum absolute atomic E-state index is 0.662. The van der Waals surface area contributed by atoms with E-state index in [0.717, 1.165) is 17.6 Å². The van der Waals surface area contributed by atoms with Gasteiger partial charge in [0.05, 0.1) is 7.11 Å². The molecule has 17 heavy (non-hydrogen) atoms. The number of aryl methyl sites for hydroxylation is 1. The van der Waals surface area contributed by atoms with Gasteiger partial charge in [-0.3, -0.25) is 0 Å². The number of hydrogen-bond acceptors (Lipinski definition) is 2. The average Bonchev–Trinajstić information content (AvgIpc) is 2.23. The Bertz CT molecular complexity index is 381. The minimum atomic E-state index is 0.662. The molecule has 1 fully saturated rings. The molecule has 1 N–H and O–H groups in total. The second-order valence-corrected chi connectivity index (χ2v) is 5.50. The third-order valence-electron chi connectivity index (χ3n) is 3.91. The Morgan fingerprint density at radius 3 is 2.53 bits per heavy atom. The van der Waals surface area contributed by atoms with E-state index in [-0.39, 0.29) is 0 Å². The summed E-state index contributed by atoms with van der Waals surface area (Å²) < 4.78 is 5.22. The van der Waals surface area contributed by atoms with Crippen LogP contribution in [0.25, 0.3) is 0 Å². The fourth-order valence-corrected chi connectivity index (χ4v) is 2.47. The molecular weight excluding hydrogens is 210 g/mol. The molecule has 1 aliphatic carbocycles. The van der Waals surface area contributed by atoms with Crippen LogP contribution in [-0.2, 0) is 0 Å². The maximum atomic E-state index is 5.22. The third kappa shape index (κ3) is 2.74. The summed E-state index contributed by atoms with van der Waals surface area (Å²) in [5.74, 6) is 2.66. The highest BCUT2D eigenvalue weighted by molar-refractivity contribution is 5.54. The first-order chi connectivity index (χ1) is 8.10. The predicted octanol–water partition coefficient (Wildman–Crippen LogP) is 3.85. The van der Waals surface area contributed by atoms with Crippen molar-refractivity contribution >= 4 is 5.69 Å². The summed E-state index contributed by atoms with van der Waals surface area (Å²) in [6, 6.07) is 6.89. The van der Waals surface area contributed by atoms with Gasteiger partial charge in [0.1, 0.15) is 5.75 Å². The highest BCUT2D eigenvalue weighted by Gasteiger charge is 2.31. The lowest BCUT2D eigenvalue weighted by atomic mass is 9.73. The average molecular weight is 233 g/mol. The molecule has 0 amide bonds. The lowest BCUT2D eigenvalue weighted by molar-refractivity contribution is 0.212. The second kappa shape index (κ2) is 4.99. The molecule has 0 saturated heterocycles. The highest BCUT2D eigenvalue weighted by atomic mass is 16.5. The molecule has 1 aromatic rings. The van der Waals surface area contributed by atoms with E-state index in [1.54, 1.807) is 7.11 Å². The van der Waals surface area contributed by atoms with Crippen LogP contribution in [-0.4, -0.2) is 13.2 Å². The highest BCUT2D eigenvalue weighted by Crippen LogP contribution is 2.36. The van der Waals surface area contributed by atoms with Crippen molar-refractivity contribution in [2.75, 3.05) is 12.4 Å². The quantitative estimate of drug-likeness (QED) is 0.853. The summed E-state index contributed by atoms with van der Waals surface area (Å²) in [6.07, 6.45) is 2.62. The van der Waals surface area contributed by atoms with Crippen molar-refractivity contribution in [3.05, 3.63) is 23.8 Å². The fraction of sp³-hybridized carbons (Fsp3) is 0.600. The number of anilines is 1. The summed E-state index contributed by atoms with van der Waals surface area (Å²) in [6.45, 7) is 6.77. The van der Waals surface area contributed by atoms with Crippen LogP contribution in [0.5, 0.6) is 5.75 Å². The Labute approximate surface area is 104 Å². The van der Waals surface area contributed by atoms with Gasteiger partial charge < -0.3 is 10.1 Å². The van der Waals surface area contributed by atoms with Crippen LogP contribution < -0.4 is 10.1 Å². The molecule has 1 aliphatic rings. The van der Waals surface area contributed by atoms with E-state index in [4.69, 9.17) is 4.74 Å². The zero-order valence-corrected chi connectivity index (χ0v) is 11.3. The van der Waals surface area contributed by atoms with E-state index < -0.39 is 0 Å². The lowest BCUT2D eigenvalue weighted by Crippen LogP contribution is -2.38. The van der Waals surface area contributed by atoms with Gasteiger partial charge >= 0.3 is 0 Å². The first-order valence-electron chi connectivity index (χ1n) is 6.51. The van der Waals surface area contributed by atoms with E-state index in [0.29, 0.717) is 6.04 Å². The van der Waals surface area contributed by atoms with Crippen molar-refractivity contribution in [1.29, 1.82) is 0 Å². The van der Waals surface area contributed by atoms with Crippen molar-refractivity contribution in [2.45, 2.75) is 39.7 Å². The molecule has 94 valence electrons. The number of rotatable bonds is 4. The van der Waals surface area contributed by atoms with E-state index in [1.165, 1.54) is 24.1 Å². The van der Waals surface area contributed by atoms with Crippen molar-refractivity contribution in [3.63, 3.8) is 0 Å². The predicted molar refractivity (Wildman–Crippen MR) is 72.7 cm³/mol. The molecule has 1 saturated carbocycles. The van der Waals surface area contributed by atoms with E-state index in [2.05, 4.69) is 38.2 Å². The van der Waals surface area contributed by atoms with Gasteiger partial charge in [-0.1, -0.05) is 13.8 Å². The summed E-state index contributed by atoms with van der Waals surface area (Å²) in [7, 11) is 1.71. The molecule has 0 unspecified atom stereocenters. The van der Waals surface area contributed by atoms with Gasteiger partial charge in [-0.25, -0.2) is 0 Å². The van der Waals surface area contributed by atoms with E-state index >= 15 is 0 Å². The zero-order chi connectivity index (χ0) is 12.4. The largest absolute Gasteiger partial charge is 0.497 e. The van der Waals surface area contributed by atoms with Crippen molar-refractivity contribution in [1.82, 2.24) is 0 Å². The van der Waals surface area contributed by atoms with E-state index in [9.17, 15) is 0 Å². The van der Waals surface area contributed by atoms with Gasteiger partial charge in [0.2, 0.25) is 0 Å². The van der Waals surface area contributed by atoms with Crippen LogP contribution in [0.3, 0.4) is 0 Å². The van der Waals surface area contributed by atoms with Crippen molar-refractivity contribution in [2.24, 2.45) is 11.8 Å². The Morgan fingerprint density at radius 1 is 1.29 bits per heavy atom. The SMILES string of the molecule is COc1ccc(NC2CC(C(C)C)C2)c(C)c1. The minimum Gasteiger partial charge on any atom is -0.497 e. The smallest absolute Gasteiger partial charge is 0.119 e. The number of methoxy groups -OCH3 is 1. The van der Waals surface area contributed by atoms with Gasteiger partial charge in [-0.15, -0.1) is 0 Å². The normalized spacial score (nSPS) is 23.4. The Morgan fingerprint density at radius 2 is 2.00 bits per heavy atom. The van der Waals surface area contributed by atoms with Crippen LogP contribution in [0.2, 0.25) is 0 Å². The fourth-order valence-electron chi connectivity index (χ4n) is 2.47. The topological polar surface area (TPSA) is 21.3 Å². The van der Waals surface area contributed by atoms with Crippen LogP contribution >= 0.6 is 0 Å². The van der Waals surface area contributed by atoms with Gasteiger partial charge in [0.25, 0.3) is 0 Å². The van der Waals surface area contributed by atoms with Crippen molar-refractivity contribution in [3.8, 4) is 5.75 Å². The molecule has 0 heterocycles. The molecular formula is C15H23NO.